The topological polar surface area (TPSA) is 42.4 Å². The fourth-order valence-corrected chi connectivity index (χ4v) is 1.21. The third-order valence-electron chi connectivity index (χ3n) is 2.03. The van der Waals surface area contributed by atoms with Crippen LogP contribution in [0.4, 0.5) is 0 Å². The van der Waals surface area contributed by atoms with Crippen LogP contribution in [-0.4, -0.2) is 23.8 Å². The van der Waals surface area contributed by atoms with Crippen molar-refractivity contribution in [1.82, 2.24) is 4.98 Å². The summed E-state index contributed by atoms with van der Waals surface area (Å²) in [7, 11) is 1.63. The van der Waals surface area contributed by atoms with Crippen LogP contribution in [0.25, 0.3) is 0 Å². The summed E-state index contributed by atoms with van der Waals surface area (Å²) in [6.07, 6.45) is 3.58. The second-order valence-electron chi connectivity index (χ2n) is 3.03. The molecule has 0 saturated heterocycles. The van der Waals surface area contributed by atoms with Gasteiger partial charge in [0.05, 0.1) is 6.10 Å². The van der Waals surface area contributed by atoms with Gasteiger partial charge in [-0.3, -0.25) is 4.98 Å². The molecule has 0 aliphatic rings. The molecular weight excluding hydrogens is 166 g/mol. The van der Waals surface area contributed by atoms with E-state index in [1.807, 2.05) is 13.0 Å². The first kappa shape index (κ1) is 10.2. The van der Waals surface area contributed by atoms with Crippen molar-refractivity contribution in [3.8, 4) is 0 Å². The molecule has 1 atom stereocenters. The molecule has 0 saturated carbocycles. The first-order valence-corrected chi connectivity index (χ1v) is 4.33. The Bertz CT molecular complexity index is 263. The maximum absolute atomic E-state index is 9.71. The van der Waals surface area contributed by atoms with E-state index in [0.717, 1.165) is 11.1 Å². The highest BCUT2D eigenvalue weighted by Gasteiger charge is 2.09. The van der Waals surface area contributed by atoms with E-state index in [4.69, 9.17) is 4.74 Å². The minimum absolute atomic E-state index is 0.464. The number of rotatable bonds is 4. The molecule has 3 heteroatoms. The van der Waals surface area contributed by atoms with Gasteiger partial charge in [-0.2, -0.15) is 0 Å². The Morgan fingerprint density at radius 2 is 2.38 bits per heavy atom. The smallest absolute Gasteiger partial charge is 0.0829 e. The molecule has 1 heterocycles. The van der Waals surface area contributed by atoms with Crippen LogP contribution in [0.3, 0.4) is 0 Å². The van der Waals surface area contributed by atoms with Gasteiger partial charge in [0.2, 0.25) is 0 Å². The highest BCUT2D eigenvalue weighted by atomic mass is 16.5. The van der Waals surface area contributed by atoms with Gasteiger partial charge in [-0.25, -0.2) is 0 Å². The average molecular weight is 181 g/mol. The van der Waals surface area contributed by atoms with Gasteiger partial charge in [0.1, 0.15) is 0 Å². The van der Waals surface area contributed by atoms with E-state index in [1.165, 1.54) is 0 Å². The first-order chi connectivity index (χ1) is 6.25. The number of aryl methyl sites for hydroxylation is 1. The number of aliphatic hydroxyl groups excluding tert-OH is 1. The van der Waals surface area contributed by atoms with E-state index < -0.39 is 6.10 Å². The predicted octanol–water partition coefficient (Wildman–Crippen LogP) is 1.46. The Morgan fingerprint density at radius 3 is 3.00 bits per heavy atom. The molecule has 1 unspecified atom stereocenters. The van der Waals surface area contributed by atoms with Gasteiger partial charge in [-0.05, 0) is 18.6 Å². The van der Waals surface area contributed by atoms with Crippen LogP contribution < -0.4 is 0 Å². The Hall–Kier alpha value is -0.930. The minimum Gasteiger partial charge on any atom is -0.388 e. The van der Waals surface area contributed by atoms with E-state index >= 15 is 0 Å². The molecule has 0 aliphatic heterocycles. The normalized spacial score (nSPS) is 12.8. The zero-order chi connectivity index (χ0) is 9.68. The van der Waals surface area contributed by atoms with Crippen LogP contribution >= 0.6 is 0 Å². The first-order valence-electron chi connectivity index (χ1n) is 4.33. The number of aliphatic hydroxyl groups is 1. The Kier molecular flexibility index (Phi) is 3.86. The highest BCUT2D eigenvalue weighted by molar-refractivity contribution is 5.23. The van der Waals surface area contributed by atoms with Gasteiger partial charge in [-0.1, -0.05) is 0 Å². The van der Waals surface area contributed by atoms with Crippen molar-refractivity contribution in [2.24, 2.45) is 0 Å². The van der Waals surface area contributed by atoms with Crippen molar-refractivity contribution >= 4 is 0 Å². The van der Waals surface area contributed by atoms with E-state index in [-0.39, 0.29) is 0 Å². The lowest BCUT2D eigenvalue weighted by atomic mass is 10.0. The summed E-state index contributed by atoms with van der Waals surface area (Å²) in [5, 5.41) is 9.71. The van der Waals surface area contributed by atoms with Crippen molar-refractivity contribution in [2.45, 2.75) is 19.4 Å². The maximum Gasteiger partial charge on any atom is 0.0829 e. The lowest BCUT2D eigenvalue weighted by molar-refractivity contribution is 0.110. The van der Waals surface area contributed by atoms with Gasteiger partial charge < -0.3 is 9.84 Å². The molecule has 1 aromatic rings. The van der Waals surface area contributed by atoms with Crippen molar-refractivity contribution in [1.29, 1.82) is 0 Å². The molecule has 0 amide bonds. The van der Waals surface area contributed by atoms with Crippen LogP contribution in [0, 0.1) is 6.92 Å². The number of hydrogen-bond acceptors (Lipinski definition) is 3. The van der Waals surface area contributed by atoms with E-state index in [2.05, 4.69) is 4.98 Å². The second-order valence-corrected chi connectivity index (χ2v) is 3.03. The summed E-state index contributed by atoms with van der Waals surface area (Å²) in [5.41, 5.74) is 1.96. The zero-order valence-electron chi connectivity index (χ0n) is 8.03. The molecule has 13 heavy (non-hydrogen) atoms. The van der Waals surface area contributed by atoms with E-state index in [9.17, 15) is 5.11 Å². The lowest BCUT2D eigenvalue weighted by Gasteiger charge is -2.11. The number of nitrogens with zero attached hydrogens (tertiary/aromatic N) is 1. The van der Waals surface area contributed by atoms with Gasteiger partial charge in [0.25, 0.3) is 0 Å². The molecule has 72 valence electrons. The monoisotopic (exact) mass is 181 g/mol. The average Bonchev–Trinajstić information content (AvgIpc) is 2.15. The zero-order valence-corrected chi connectivity index (χ0v) is 8.03. The standard InChI is InChI=1S/C10H15NO2/c1-8-3-5-11-7-9(8)10(12)4-6-13-2/h3,5,7,10,12H,4,6H2,1-2H3. The predicted molar refractivity (Wildman–Crippen MR) is 50.4 cm³/mol. The lowest BCUT2D eigenvalue weighted by Crippen LogP contribution is -2.04. The quantitative estimate of drug-likeness (QED) is 0.764. The summed E-state index contributed by atoms with van der Waals surface area (Å²) < 4.78 is 4.89. The summed E-state index contributed by atoms with van der Waals surface area (Å²) in [4.78, 5) is 3.97. The minimum atomic E-state index is -0.464. The Balaban J connectivity index is 2.65. The third-order valence-corrected chi connectivity index (χ3v) is 2.03. The van der Waals surface area contributed by atoms with Gasteiger partial charge in [0, 0.05) is 38.1 Å². The number of pyridine rings is 1. The molecule has 3 nitrogen and oxygen atoms in total. The summed E-state index contributed by atoms with van der Waals surface area (Å²) in [6.45, 7) is 2.53. The van der Waals surface area contributed by atoms with Crippen LogP contribution in [-0.2, 0) is 4.74 Å². The van der Waals surface area contributed by atoms with Crippen molar-refractivity contribution in [3.05, 3.63) is 29.6 Å². The Morgan fingerprint density at radius 1 is 1.62 bits per heavy atom. The van der Waals surface area contributed by atoms with Gasteiger partial charge >= 0.3 is 0 Å². The van der Waals surface area contributed by atoms with Gasteiger partial charge in [0.15, 0.2) is 0 Å². The van der Waals surface area contributed by atoms with Crippen molar-refractivity contribution in [2.75, 3.05) is 13.7 Å². The molecule has 0 fully saturated rings. The molecule has 1 rings (SSSR count). The molecule has 0 bridgehead atoms. The number of aromatic nitrogens is 1. The van der Waals surface area contributed by atoms with Gasteiger partial charge in [-0.15, -0.1) is 0 Å². The maximum atomic E-state index is 9.71. The number of methoxy groups -OCH3 is 1. The van der Waals surface area contributed by atoms with E-state index in [1.54, 1.807) is 19.5 Å². The molecule has 0 aliphatic carbocycles. The largest absolute Gasteiger partial charge is 0.388 e. The summed E-state index contributed by atoms with van der Waals surface area (Å²) in [5.74, 6) is 0. The summed E-state index contributed by atoms with van der Waals surface area (Å²) >= 11 is 0. The molecule has 1 aromatic heterocycles. The second kappa shape index (κ2) is 4.94. The van der Waals surface area contributed by atoms with Crippen molar-refractivity contribution < 1.29 is 9.84 Å². The van der Waals surface area contributed by atoms with Crippen LogP contribution in [0.1, 0.15) is 23.7 Å². The molecule has 0 spiro atoms. The summed E-state index contributed by atoms with van der Waals surface area (Å²) in [6, 6.07) is 1.89. The molecule has 0 aromatic carbocycles. The molecular formula is C10H15NO2. The van der Waals surface area contributed by atoms with Crippen LogP contribution in [0.2, 0.25) is 0 Å². The van der Waals surface area contributed by atoms with Crippen LogP contribution in [0.5, 0.6) is 0 Å². The number of ether oxygens (including phenoxy) is 1. The van der Waals surface area contributed by atoms with E-state index in [0.29, 0.717) is 13.0 Å². The fourth-order valence-electron chi connectivity index (χ4n) is 1.21. The molecule has 1 N–H and O–H groups in total. The fraction of sp³-hybridized carbons (Fsp3) is 0.500. The highest BCUT2D eigenvalue weighted by Crippen LogP contribution is 2.18. The third kappa shape index (κ3) is 2.79. The van der Waals surface area contributed by atoms with Crippen LogP contribution in [0.15, 0.2) is 18.5 Å². The molecule has 0 radical (unpaired) electrons. The Labute approximate surface area is 78.4 Å². The number of hydrogen-bond donors (Lipinski definition) is 1. The SMILES string of the molecule is COCCC(O)c1cnccc1C. The van der Waals surface area contributed by atoms with Crippen molar-refractivity contribution in [3.63, 3.8) is 0 Å².